The zero-order valence-corrected chi connectivity index (χ0v) is 13.3. The predicted molar refractivity (Wildman–Crippen MR) is 87.8 cm³/mol. The lowest BCUT2D eigenvalue weighted by Crippen LogP contribution is -2.24. The molecule has 1 atom stereocenters. The summed E-state index contributed by atoms with van der Waals surface area (Å²) in [5.74, 6) is 0.875. The second-order valence-corrected chi connectivity index (χ2v) is 7.86. The normalized spacial score (nSPS) is 24.2. The van der Waals surface area contributed by atoms with Gasteiger partial charge in [0.25, 0.3) is 0 Å². The van der Waals surface area contributed by atoms with Crippen LogP contribution in [0.5, 0.6) is 5.75 Å². The molecule has 0 spiro atoms. The van der Waals surface area contributed by atoms with Crippen LogP contribution in [0.3, 0.4) is 0 Å². The molecular formula is C18H19O3P. The highest BCUT2D eigenvalue weighted by molar-refractivity contribution is 7.62. The van der Waals surface area contributed by atoms with E-state index in [1.54, 1.807) is 6.07 Å². The fourth-order valence-corrected chi connectivity index (χ4v) is 5.38. The molecule has 114 valence electrons. The summed E-state index contributed by atoms with van der Waals surface area (Å²) in [5, 5.41) is 0.528. The van der Waals surface area contributed by atoms with Gasteiger partial charge >= 0.3 is 7.60 Å². The van der Waals surface area contributed by atoms with Crippen molar-refractivity contribution >= 4 is 12.9 Å². The van der Waals surface area contributed by atoms with Gasteiger partial charge in [-0.1, -0.05) is 55.7 Å². The minimum Gasteiger partial charge on any atom is -0.421 e. The molecule has 3 nitrogen and oxygen atoms in total. The summed E-state index contributed by atoms with van der Waals surface area (Å²) in [7, 11) is -3.81. The van der Waals surface area contributed by atoms with Gasteiger partial charge in [0.1, 0.15) is 5.75 Å². The Morgan fingerprint density at radius 3 is 2.50 bits per heavy atom. The quantitative estimate of drug-likeness (QED) is 0.782. The molecule has 1 saturated carbocycles. The number of benzene rings is 2. The van der Waals surface area contributed by atoms with E-state index < -0.39 is 7.60 Å². The lowest BCUT2D eigenvalue weighted by atomic mass is 9.83. The molecule has 1 aliphatic heterocycles. The summed E-state index contributed by atoms with van der Waals surface area (Å²) in [6.07, 6.45) is 5.85. The standard InChI is InChI=1S/C18H19O3P/c19-22(20)18-14(13-7-2-1-3-8-13)10-6-11-16(18)15-9-4-5-12-17(15)21-22/h4-6,9-13H,1-3,7-8H2,(H,19,20). The van der Waals surface area contributed by atoms with Crippen LogP contribution in [0.25, 0.3) is 11.1 Å². The number of rotatable bonds is 1. The van der Waals surface area contributed by atoms with Crippen LogP contribution < -0.4 is 9.83 Å². The van der Waals surface area contributed by atoms with E-state index in [0.717, 1.165) is 29.5 Å². The third kappa shape index (κ3) is 2.20. The third-order valence-electron chi connectivity index (χ3n) is 4.79. The zero-order chi connectivity index (χ0) is 15.2. The molecule has 0 radical (unpaired) electrons. The smallest absolute Gasteiger partial charge is 0.409 e. The highest BCUT2D eigenvalue weighted by atomic mass is 31.2. The molecule has 4 heteroatoms. The van der Waals surface area contributed by atoms with Gasteiger partial charge < -0.3 is 9.42 Å². The molecule has 0 aromatic heterocycles. The summed E-state index contributed by atoms with van der Waals surface area (Å²) in [6.45, 7) is 0. The van der Waals surface area contributed by atoms with Crippen LogP contribution in [0.1, 0.15) is 43.6 Å². The molecule has 0 saturated heterocycles. The summed E-state index contributed by atoms with van der Waals surface area (Å²) >= 11 is 0. The van der Waals surface area contributed by atoms with Crippen molar-refractivity contribution in [2.45, 2.75) is 38.0 Å². The van der Waals surface area contributed by atoms with Crippen LogP contribution in [0, 0.1) is 0 Å². The molecule has 1 fully saturated rings. The van der Waals surface area contributed by atoms with Gasteiger partial charge in [0.05, 0.1) is 5.30 Å². The van der Waals surface area contributed by atoms with E-state index in [-0.39, 0.29) is 0 Å². The summed E-state index contributed by atoms with van der Waals surface area (Å²) in [6, 6.07) is 13.4. The Morgan fingerprint density at radius 1 is 0.955 bits per heavy atom. The highest BCUT2D eigenvalue weighted by Crippen LogP contribution is 2.53. The van der Waals surface area contributed by atoms with Crippen LogP contribution in [0.2, 0.25) is 0 Å². The summed E-state index contributed by atoms with van der Waals surface area (Å²) < 4.78 is 18.3. The summed E-state index contributed by atoms with van der Waals surface area (Å²) in [4.78, 5) is 10.5. The Bertz CT molecular complexity index is 763. The van der Waals surface area contributed by atoms with E-state index in [9.17, 15) is 9.46 Å². The molecule has 22 heavy (non-hydrogen) atoms. The Balaban J connectivity index is 1.93. The average molecular weight is 314 g/mol. The first-order valence-corrected chi connectivity index (χ1v) is 9.50. The molecule has 1 aliphatic carbocycles. The van der Waals surface area contributed by atoms with Crippen molar-refractivity contribution < 1.29 is 14.0 Å². The maximum atomic E-state index is 12.8. The largest absolute Gasteiger partial charge is 0.421 e. The monoisotopic (exact) mass is 314 g/mol. The Labute approximate surface area is 130 Å². The van der Waals surface area contributed by atoms with Crippen LogP contribution in [0.4, 0.5) is 0 Å². The van der Waals surface area contributed by atoms with Gasteiger partial charge in [0.15, 0.2) is 0 Å². The molecular weight excluding hydrogens is 295 g/mol. The highest BCUT2D eigenvalue weighted by Gasteiger charge is 2.38. The van der Waals surface area contributed by atoms with Crippen molar-refractivity contribution in [2.75, 3.05) is 0 Å². The number of para-hydroxylation sites is 1. The Morgan fingerprint density at radius 2 is 1.68 bits per heavy atom. The van der Waals surface area contributed by atoms with Crippen LogP contribution in [0.15, 0.2) is 42.5 Å². The Hall–Kier alpha value is -1.57. The lowest BCUT2D eigenvalue weighted by molar-refractivity contribution is 0.390. The van der Waals surface area contributed by atoms with Gasteiger partial charge in [-0.3, -0.25) is 0 Å². The van der Waals surface area contributed by atoms with E-state index >= 15 is 0 Å². The second kappa shape index (κ2) is 5.26. The molecule has 1 heterocycles. The maximum absolute atomic E-state index is 12.8. The van der Waals surface area contributed by atoms with E-state index in [4.69, 9.17) is 4.52 Å². The zero-order valence-electron chi connectivity index (χ0n) is 12.4. The minimum atomic E-state index is -3.81. The molecule has 0 bridgehead atoms. The first-order chi connectivity index (χ1) is 10.7. The van der Waals surface area contributed by atoms with Crippen molar-refractivity contribution in [2.24, 2.45) is 0 Å². The molecule has 0 amide bonds. The molecule has 2 aromatic carbocycles. The van der Waals surface area contributed by atoms with E-state index in [1.807, 2.05) is 36.4 Å². The number of hydrogen-bond acceptors (Lipinski definition) is 2. The molecule has 1 unspecified atom stereocenters. The fraction of sp³-hybridized carbons (Fsp3) is 0.333. The van der Waals surface area contributed by atoms with Crippen molar-refractivity contribution in [1.82, 2.24) is 0 Å². The van der Waals surface area contributed by atoms with Gasteiger partial charge in [0.2, 0.25) is 0 Å². The van der Waals surface area contributed by atoms with Crippen molar-refractivity contribution in [3.05, 3.63) is 48.0 Å². The maximum Gasteiger partial charge on any atom is 0.409 e. The van der Waals surface area contributed by atoms with Crippen molar-refractivity contribution in [3.8, 4) is 16.9 Å². The van der Waals surface area contributed by atoms with E-state index in [1.165, 1.54) is 19.3 Å². The molecule has 1 N–H and O–H groups in total. The Kier molecular flexibility index (Phi) is 3.36. The summed E-state index contributed by atoms with van der Waals surface area (Å²) in [5.41, 5.74) is 2.78. The van der Waals surface area contributed by atoms with Crippen LogP contribution in [-0.2, 0) is 4.57 Å². The number of hydrogen-bond donors (Lipinski definition) is 1. The van der Waals surface area contributed by atoms with E-state index in [2.05, 4.69) is 0 Å². The van der Waals surface area contributed by atoms with Gasteiger partial charge in [-0.15, -0.1) is 0 Å². The van der Waals surface area contributed by atoms with Crippen LogP contribution >= 0.6 is 7.60 Å². The van der Waals surface area contributed by atoms with Gasteiger partial charge in [-0.05, 0) is 30.4 Å². The SMILES string of the molecule is O=P1(O)Oc2ccccc2-c2cccc(C3CCCCC3)c21. The lowest BCUT2D eigenvalue weighted by Gasteiger charge is -2.30. The van der Waals surface area contributed by atoms with Gasteiger partial charge in [-0.25, -0.2) is 4.57 Å². The topological polar surface area (TPSA) is 46.5 Å². The van der Waals surface area contributed by atoms with Crippen molar-refractivity contribution in [1.29, 1.82) is 0 Å². The third-order valence-corrected chi connectivity index (χ3v) is 6.30. The number of fused-ring (bicyclic) bond motifs is 3. The second-order valence-electron chi connectivity index (χ2n) is 6.19. The van der Waals surface area contributed by atoms with Crippen LogP contribution in [-0.4, -0.2) is 4.89 Å². The first-order valence-electron chi connectivity index (χ1n) is 7.92. The van der Waals surface area contributed by atoms with E-state index in [0.29, 0.717) is 17.0 Å². The predicted octanol–water partition coefficient (Wildman–Crippen LogP) is 4.60. The molecule has 2 aromatic rings. The first kappa shape index (κ1) is 14.0. The minimum absolute atomic E-state index is 0.373. The van der Waals surface area contributed by atoms with Crippen molar-refractivity contribution in [3.63, 3.8) is 0 Å². The fourth-order valence-electron chi connectivity index (χ4n) is 3.78. The molecule has 2 aliphatic rings. The van der Waals surface area contributed by atoms with Gasteiger partial charge in [0, 0.05) is 11.1 Å². The molecule has 4 rings (SSSR count). The average Bonchev–Trinajstić information content (AvgIpc) is 2.55. The van der Waals surface area contributed by atoms with Gasteiger partial charge in [-0.2, -0.15) is 0 Å².